The molecule has 4 N–H and O–H groups in total. The molecule has 0 aromatic heterocycles. The molecule has 0 aliphatic rings. The van der Waals surface area contributed by atoms with Crippen molar-refractivity contribution in [2.24, 2.45) is 16.5 Å². The first kappa shape index (κ1) is 15.1. The van der Waals surface area contributed by atoms with Crippen molar-refractivity contribution in [3.8, 4) is 5.75 Å². The lowest BCUT2D eigenvalue weighted by Crippen LogP contribution is -2.23. The molecule has 19 heavy (non-hydrogen) atoms. The first-order chi connectivity index (χ1) is 8.70. The van der Waals surface area contributed by atoms with Crippen molar-refractivity contribution in [3.05, 3.63) is 29.3 Å². The van der Waals surface area contributed by atoms with E-state index in [1.807, 2.05) is 0 Å². The largest absolute Gasteiger partial charge is 0.491 e. The van der Waals surface area contributed by atoms with Crippen molar-refractivity contribution in [1.29, 1.82) is 0 Å². The standard InChI is InChI=1S/C12H16F3N3O/c1-7(2)19-9-4-3-8(6-18-11(16)17)10(5-9)12(13,14)15/h3-5,7H,6H2,1-2H3,(H4,16,17,18). The molecule has 1 aromatic carbocycles. The molecular formula is C12H16F3N3O. The number of hydrogen-bond donors (Lipinski definition) is 2. The summed E-state index contributed by atoms with van der Waals surface area (Å²) in [5, 5.41) is 0. The lowest BCUT2D eigenvalue weighted by atomic mass is 10.1. The Labute approximate surface area is 109 Å². The van der Waals surface area contributed by atoms with Crippen LogP contribution in [-0.4, -0.2) is 12.1 Å². The summed E-state index contributed by atoms with van der Waals surface area (Å²) < 4.78 is 44.0. The number of rotatable bonds is 4. The number of ether oxygens (including phenoxy) is 1. The van der Waals surface area contributed by atoms with Crippen molar-refractivity contribution >= 4 is 5.96 Å². The number of benzene rings is 1. The summed E-state index contributed by atoms with van der Waals surface area (Å²) in [5.74, 6) is -0.0913. The molecule has 0 amide bonds. The Morgan fingerprint density at radius 3 is 2.42 bits per heavy atom. The van der Waals surface area contributed by atoms with Crippen LogP contribution in [-0.2, 0) is 12.7 Å². The average molecular weight is 275 g/mol. The molecule has 106 valence electrons. The average Bonchev–Trinajstić information content (AvgIpc) is 2.25. The number of guanidine groups is 1. The summed E-state index contributed by atoms with van der Waals surface area (Å²) in [4.78, 5) is 3.59. The van der Waals surface area contributed by atoms with Crippen LogP contribution in [0.1, 0.15) is 25.0 Å². The summed E-state index contributed by atoms with van der Waals surface area (Å²) in [6.07, 6.45) is -4.69. The van der Waals surface area contributed by atoms with E-state index in [1.165, 1.54) is 12.1 Å². The second-order valence-electron chi connectivity index (χ2n) is 4.22. The first-order valence-electron chi connectivity index (χ1n) is 5.62. The van der Waals surface area contributed by atoms with Gasteiger partial charge in [0, 0.05) is 0 Å². The topological polar surface area (TPSA) is 73.6 Å². The summed E-state index contributed by atoms with van der Waals surface area (Å²) in [5.41, 5.74) is 9.44. The van der Waals surface area contributed by atoms with Gasteiger partial charge in [-0.2, -0.15) is 13.2 Å². The van der Waals surface area contributed by atoms with Crippen LogP contribution >= 0.6 is 0 Å². The van der Waals surface area contributed by atoms with Gasteiger partial charge in [-0.1, -0.05) is 6.07 Å². The van der Waals surface area contributed by atoms with Crippen LogP contribution in [0.2, 0.25) is 0 Å². The van der Waals surface area contributed by atoms with Crippen LogP contribution < -0.4 is 16.2 Å². The summed E-state index contributed by atoms with van der Waals surface area (Å²) >= 11 is 0. The third kappa shape index (κ3) is 4.69. The van der Waals surface area contributed by atoms with Crippen molar-refractivity contribution in [2.75, 3.05) is 0 Å². The lowest BCUT2D eigenvalue weighted by molar-refractivity contribution is -0.138. The van der Waals surface area contributed by atoms with Gasteiger partial charge in [0.05, 0.1) is 18.2 Å². The predicted octanol–water partition coefficient (Wildman–Crippen LogP) is 2.27. The van der Waals surface area contributed by atoms with Crippen LogP contribution in [0.3, 0.4) is 0 Å². The molecule has 0 aliphatic carbocycles. The number of hydrogen-bond acceptors (Lipinski definition) is 2. The minimum Gasteiger partial charge on any atom is -0.491 e. The van der Waals surface area contributed by atoms with E-state index in [0.29, 0.717) is 0 Å². The van der Waals surface area contributed by atoms with E-state index >= 15 is 0 Å². The maximum Gasteiger partial charge on any atom is 0.416 e. The Kier molecular flexibility index (Phi) is 4.63. The van der Waals surface area contributed by atoms with Crippen molar-refractivity contribution in [1.82, 2.24) is 0 Å². The molecule has 0 unspecified atom stereocenters. The highest BCUT2D eigenvalue weighted by Gasteiger charge is 2.33. The van der Waals surface area contributed by atoms with Gasteiger partial charge in [-0.15, -0.1) is 0 Å². The maximum atomic E-state index is 12.9. The highest BCUT2D eigenvalue weighted by atomic mass is 19.4. The van der Waals surface area contributed by atoms with E-state index in [4.69, 9.17) is 16.2 Å². The third-order valence-corrected chi connectivity index (χ3v) is 2.19. The SMILES string of the molecule is CC(C)Oc1ccc(CN=C(N)N)c(C(F)(F)F)c1. The molecule has 1 rings (SSSR count). The molecule has 1 aromatic rings. The normalized spacial score (nSPS) is 11.5. The Bertz CT molecular complexity index is 466. The Morgan fingerprint density at radius 2 is 1.95 bits per heavy atom. The van der Waals surface area contributed by atoms with Crippen LogP contribution in [0.5, 0.6) is 5.75 Å². The van der Waals surface area contributed by atoms with E-state index in [1.54, 1.807) is 13.8 Å². The molecule has 0 saturated carbocycles. The molecule has 4 nitrogen and oxygen atoms in total. The molecule has 0 bridgehead atoms. The van der Waals surface area contributed by atoms with Gasteiger partial charge in [0.2, 0.25) is 0 Å². The van der Waals surface area contributed by atoms with Gasteiger partial charge in [-0.25, -0.2) is 4.99 Å². The second kappa shape index (κ2) is 5.81. The van der Waals surface area contributed by atoms with Crippen LogP contribution in [0.15, 0.2) is 23.2 Å². The quantitative estimate of drug-likeness (QED) is 0.654. The lowest BCUT2D eigenvalue weighted by Gasteiger charge is -2.15. The fourth-order valence-corrected chi connectivity index (χ4v) is 1.48. The van der Waals surface area contributed by atoms with E-state index in [2.05, 4.69) is 4.99 Å². The fourth-order valence-electron chi connectivity index (χ4n) is 1.48. The molecule has 0 atom stereocenters. The minimum absolute atomic E-state index is 0.00277. The number of alkyl halides is 3. The number of aliphatic imine (C=N–C) groups is 1. The molecule has 7 heteroatoms. The molecule has 0 heterocycles. The summed E-state index contributed by atoms with van der Waals surface area (Å²) in [6.45, 7) is 3.25. The first-order valence-corrected chi connectivity index (χ1v) is 5.62. The zero-order valence-corrected chi connectivity index (χ0v) is 10.7. The van der Waals surface area contributed by atoms with Gasteiger partial charge in [-0.3, -0.25) is 0 Å². The van der Waals surface area contributed by atoms with Crippen molar-refractivity contribution < 1.29 is 17.9 Å². The monoisotopic (exact) mass is 275 g/mol. The fraction of sp³-hybridized carbons (Fsp3) is 0.417. The van der Waals surface area contributed by atoms with Crippen molar-refractivity contribution in [3.63, 3.8) is 0 Å². The van der Waals surface area contributed by atoms with Gasteiger partial charge >= 0.3 is 6.18 Å². The molecule has 0 aliphatic heterocycles. The number of nitrogens with zero attached hydrogens (tertiary/aromatic N) is 1. The van der Waals surface area contributed by atoms with Gasteiger partial charge in [-0.05, 0) is 31.5 Å². The minimum atomic E-state index is -4.48. The molecule has 0 radical (unpaired) electrons. The zero-order valence-electron chi connectivity index (χ0n) is 10.7. The smallest absolute Gasteiger partial charge is 0.416 e. The van der Waals surface area contributed by atoms with E-state index in [-0.39, 0.29) is 29.9 Å². The Balaban J connectivity index is 3.14. The van der Waals surface area contributed by atoms with Gasteiger partial charge in [0.25, 0.3) is 0 Å². The maximum absolute atomic E-state index is 12.9. The van der Waals surface area contributed by atoms with Crippen LogP contribution in [0.4, 0.5) is 13.2 Å². The highest BCUT2D eigenvalue weighted by Crippen LogP contribution is 2.35. The highest BCUT2D eigenvalue weighted by molar-refractivity contribution is 5.75. The van der Waals surface area contributed by atoms with Crippen molar-refractivity contribution in [2.45, 2.75) is 32.7 Å². The predicted molar refractivity (Wildman–Crippen MR) is 66.7 cm³/mol. The Hall–Kier alpha value is -1.92. The van der Waals surface area contributed by atoms with Gasteiger partial charge in [0.15, 0.2) is 5.96 Å². The van der Waals surface area contributed by atoms with E-state index in [0.717, 1.165) is 6.07 Å². The Morgan fingerprint density at radius 1 is 1.32 bits per heavy atom. The number of halogens is 3. The number of nitrogens with two attached hydrogens (primary N) is 2. The van der Waals surface area contributed by atoms with Crippen LogP contribution in [0, 0.1) is 0 Å². The zero-order chi connectivity index (χ0) is 14.6. The third-order valence-electron chi connectivity index (χ3n) is 2.19. The molecule has 0 fully saturated rings. The summed E-state index contributed by atoms with van der Waals surface area (Å²) in [6, 6.07) is 3.73. The molecule has 0 spiro atoms. The summed E-state index contributed by atoms with van der Waals surface area (Å²) in [7, 11) is 0. The molecular weight excluding hydrogens is 259 g/mol. The van der Waals surface area contributed by atoms with E-state index in [9.17, 15) is 13.2 Å². The van der Waals surface area contributed by atoms with Gasteiger partial charge < -0.3 is 16.2 Å². The van der Waals surface area contributed by atoms with Crippen LogP contribution in [0.25, 0.3) is 0 Å². The van der Waals surface area contributed by atoms with E-state index < -0.39 is 11.7 Å². The van der Waals surface area contributed by atoms with Gasteiger partial charge in [0.1, 0.15) is 5.75 Å². The second-order valence-corrected chi connectivity index (χ2v) is 4.22. The molecule has 0 saturated heterocycles.